The summed E-state index contributed by atoms with van der Waals surface area (Å²) in [6.07, 6.45) is 1.66. The first-order valence-corrected chi connectivity index (χ1v) is 13.2. The van der Waals surface area contributed by atoms with Crippen LogP contribution in [0.5, 0.6) is 5.75 Å². The zero-order valence-corrected chi connectivity index (χ0v) is 22.8. The monoisotopic (exact) mass is 614 g/mol. The maximum Gasteiger partial charge on any atom is 0.327 e. The molecule has 1 unspecified atom stereocenters. The number of halogens is 2. The number of nitrogens with zero attached hydrogens (tertiary/aromatic N) is 1. The van der Waals surface area contributed by atoms with Gasteiger partial charge in [0, 0.05) is 22.1 Å². The Morgan fingerprint density at radius 2 is 1.84 bits per heavy atom. The van der Waals surface area contributed by atoms with Crippen molar-refractivity contribution in [3.05, 3.63) is 99.1 Å². The van der Waals surface area contributed by atoms with Crippen molar-refractivity contribution in [3.63, 3.8) is 0 Å². The van der Waals surface area contributed by atoms with Gasteiger partial charge in [-0.1, -0.05) is 70.2 Å². The molecule has 1 heterocycles. The first kappa shape index (κ1) is 27.5. The second-order valence-electron chi connectivity index (χ2n) is 8.12. The van der Waals surface area contributed by atoms with Crippen molar-refractivity contribution in [2.45, 2.75) is 12.5 Å². The van der Waals surface area contributed by atoms with Crippen LogP contribution < -0.4 is 10.1 Å². The lowest BCUT2D eigenvalue weighted by Gasteiger charge is -2.23. The Bertz CT molecular complexity index is 1420. The first-order chi connectivity index (χ1) is 18.2. The Kier molecular flexibility index (Phi) is 8.93. The number of thiocarbonyl (C=S) groups is 1. The highest BCUT2D eigenvalue weighted by Crippen LogP contribution is 2.36. The van der Waals surface area contributed by atoms with Crippen LogP contribution in [-0.4, -0.2) is 44.8 Å². The Balaban J connectivity index is 1.51. The number of rotatable bonds is 9. The summed E-state index contributed by atoms with van der Waals surface area (Å²) in [6.45, 7) is -0.334. The number of nitrogens with one attached hydrogen (secondary N) is 1. The van der Waals surface area contributed by atoms with E-state index < -0.39 is 29.6 Å². The fourth-order valence-corrected chi connectivity index (χ4v) is 5.38. The van der Waals surface area contributed by atoms with E-state index in [0.29, 0.717) is 21.5 Å². The van der Waals surface area contributed by atoms with Crippen molar-refractivity contribution >= 4 is 73.8 Å². The number of ether oxygens (including phenoxy) is 1. The Hall–Kier alpha value is -3.54. The van der Waals surface area contributed by atoms with Crippen LogP contribution in [0.25, 0.3) is 6.08 Å². The summed E-state index contributed by atoms with van der Waals surface area (Å²) in [7, 11) is 0. The zero-order chi connectivity index (χ0) is 27.2. The highest BCUT2D eigenvalue weighted by atomic mass is 79.9. The average molecular weight is 616 g/mol. The fraction of sp³-hybridized carbons (Fsp3) is 0.111. The molecular formula is C27H20BrFN2O5S2. The molecule has 1 atom stereocenters. The number of aliphatic carboxylic acids is 1. The molecule has 0 aliphatic carbocycles. The zero-order valence-electron chi connectivity index (χ0n) is 19.6. The highest BCUT2D eigenvalue weighted by molar-refractivity contribution is 9.10. The van der Waals surface area contributed by atoms with E-state index in [-0.39, 0.29) is 22.3 Å². The molecule has 0 aromatic heterocycles. The minimum Gasteiger partial charge on any atom is -0.483 e. The second kappa shape index (κ2) is 12.3. The van der Waals surface area contributed by atoms with Crippen molar-refractivity contribution in [1.29, 1.82) is 0 Å². The third-order valence-electron chi connectivity index (χ3n) is 5.44. The van der Waals surface area contributed by atoms with E-state index in [1.807, 2.05) is 6.07 Å². The van der Waals surface area contributed by atoms with E-state index >= 15 is 0 Å². The molecule has 3 aromatic rings. The molecule has 0 bridgehead atoms. The van der Waals surface area contributed by atoms with Gasteiger partial charge in [-0.2, -0.15) is 0 Å². The fourth-order valence-electron chi connectivity index (χ4n) is 3.65. The summed E-state index contributed by atoms with van der Waals surface area (Å²) in [5, 5.41) is 12.5. The summed E-state index contributed by atoms with van der Waals surface area (Å²) < 4.78 is 19.6. The molecule has 2 N–H and O–H groups in total. The number of thioether (sulfide) groups is 1. The van der Waals surface area contributed by atoms with Gasteiger partial charge < -0.3 is 15.2 Å². The Labute approximate surface area is 235 Å². The van der Waals surface area contributed by atoms with Crippen LogP contribution >= 0.6 is 39.9 Å². The van der Waals surface area contributed by atoms with Gasteiger partial charge in [-0.25, -0.2) is 9.18 Å². The van der Waals surface area contributed by atoms with Gasteiger partial charge >= 0.3 is 5.97 Å². The maximum absolute atomic E-state index is 13.3. The lowest BCUT2D eigenvalue weighted by atomic mass is 10.0. The third-order valence-corrected chi connectivity index (χ3v) is 7.26. The van der Waals surface area contributed by atoms with Crippen molar-refractivity contribution in [2.75, 3.05) is 11.9 Å². The van der Waals surface area contributed by atoms with Gasteiger partial charge in [-0.3, -0.25) is 14.5 Å². The van der Waals surface area contributed by atoms with Gasteiger partial charge in [-0.15, -0.1) is 0 Å². The molecular weight excluding hydrogens is 595 g/mol. The summed E-state index contributed by atoms with van der Waals surface area (Å²) >= 11 is 9.78. The number of carboxylic acids is 1. The molecule has 194 valence electrons. The summed E-state index contributed by atoms with van der Waals surface area (Å²) in [6, 6.07) is 18.2. The van der Waals surface area contributed by atoms with Gasteiger partial charge in [0.15, 0.2) is 6.61 Å². The van der Waals surface area contributed by atoms with Gasteiger partial charge in [-0.05, 0) is 54.1 Å². The number of anilines is 1. The highest BCUT2D eigenvalue weighted by Gasteiger charge is 2.40. The molecule has 0 spiro atoms. The lowest BCUT2D eigenvalue weighted by molar-refractivity contribution is -0.145. The van der Waals surface area contributed by atoms with Crippen LogP contribution in [0.15, 0.2) is 82.2 Å². The van der Waals surface area contributed by atoms with E-state index in [1.165, 1.54) is 24.3 Å². The van der Waals surface area contributed by atoms with Crippen LogP contribution in [0.1, 0.15) is 11.1 Å². The van der Waals surface area contributed by atoms with Crippen molar-refractivity contribution < 1.29 is 28.6 Å². The van der Waals surface area contributed by atoms with E-state index in [2.05, 4.69) is 21.2 Å². The smallest absolute Gasteiger partial charge is 0.327 e. The third kappa shape index (κ3) is 6.85. The van der Waals surface area contributed by atoms with Gasteiger partial charge in [0.25, 0.3) is 11.8 Å². The number of hydrogen-bond acceptors (Lipinski definition) is 6. The quantitative estimate of drug-likeness (QED) is 0.243. The molecule has 11 heteroatoms. The van der Waals surface area contributed by atoms with E-state index in [9.17, 15) is 23.9 Å². The molecule has 1 aliphatic rings. The Morgan fingerprint density at radius 3 is 2.53 bits per heavy atom. The lowest BCUT2D eigenvalue weighted by Crippen LogP contribution is -2.45. The number of carbonyl (C=O) groups excluding carboxylic acids is 2. The second-order valence-corrected chi connectivity index (χ2v) is 10.7. The van der Waals surface area contributed by atoms with Crippen LogP contribution in [0, 0.1) is 5.82 Å². The predicted octanol–water partition coefficient (Wildman–Crippen LogP) is 5.50. The first-order valence-electron chi connectivity index (χ1n) is 11.2. The van der Waals surface area contributed by atoms with Crippen molar-refractivity contribution in [2.24, 2.45) is 0 Å². The standard InChI is InChI=1S/C27H20BrFN2O5S2/c28-18-6-11-22(36-15-24(32)30-20-9-7-19(29)8-10-20)17(13-18)14-23-25(33)31(27(37)38-23)21(26(34)35)12-16-4-2-1-3-5-16/h1-11,13-14,21H,12,15H2,(H,30,32)(H,34,35)/b23-14-. The van der Waals surface area contributed by atoms with Gasteiger partial charge in [0.2, 0.25) is 0 Å². The number of amides is 2. The molecule has 3 aromatic carbocycles. The average Bonchev–Trinajstić information content (AvgIpc) is 3.16. The van der Waals surface area contributed by atoms with Gasteiger partial charge in [0.05, 0.1) is 4.91 Å². The Morgan fingerprint density at radius 1 is 1.13 bits per heavy atom. The molecule has 0 radical (unpaired) electrons. The number of hydrogen-bond donors (Lipinski definition) is 2. The predicted molar refractivity (Wildman–Crippen MR) is 151 cm³/mol. The molecule has 1 saturated heterocycles. The van der Waals surface area contributed by atoms with E-state index in [0.717, 1.165) is 22.2 Å². The van der Waals surface area contributed by atoms with E-state index in [1.54, 1.807) is 48.5 Å². The molecule has 38 heavy (non-hydrogen) atoms. The molecule has 1 aliphatic heterocycles. The minimum absolute atomic E-state index is 0.101. The largest absolute Gasteiger partial charge is 0.483 e. The summed E-state index contributed by atoms with van der Waals surface area (Å²) in [5.41, 5.74) is 1.67. The molecule has 1 fully saturated rings. The van der Waals surface area contributed by atoms with E-state index in [4.69, 9.17) is 17.0 Å². The maximum atomic E-state index is 13.3. The number of benzene rings is 3. The number of carbonyl (C=O) groups is 3. The SMILES string of the molecule is O=C(COc1ccc(Br)cc1/C=C1\SC(=S)N(C(Cc2ccccc2)C(=O)O)C1=O)Nc1ccc(F)cc1. The van der Waals surface area contributed by atoms with Gasteiger partial charge in [0.1, 0.15) is 21.9 Å². The topological polar surface area (TPSA) is 95.9 Å². The normalized spacial score (nSPS) is 15.0. The summed E-state index contributed by atoms with van der Waals surface area (Å²) in [4.78, 5) is 39.0. The van der Waals surface area contributed by atoms with Crippen LogP contribution in [0.2, 0.25) is 0 Å². The van der Waals surface area contributed by atoms with Crippen LogP contribution in [0.4, 0.5) is 10.1 Å². The summed E-state index contributed by atoms with van der Waals surface area (Å²) in [5.74, 6) is -2.24. The van der Waals surface area contributed by atoms with Crippen molar-refractivity contribution in [1.82, 2.24) is 4.90 Å². The number of carboxylic acid groups (broad SMARTS) is 1. The van der Waals surface area contributed by atoms with Crippen LogP contribution in [-0.2, 0) is 20.8 Å². The minimum atomic E-state index is -1.16. The van der Waals surface area contributed by atoms with Crippen LogP contribution in [0.3, 0.4) is 0 Å². The van der Waals surface area contributed by atoms with Crippen molar-refractivity contribution in [3.8, 4) is 5.75 Å². The molecule has 7 nitrogen and oxygen atoms in total. The molecule has 0 saturated carbocycles. The molecule has 4 rings (SSSR count). The molecule has 2 amide bonds.